The number of piperidine rings is 2. The highest BCUT2D eigenvalue weighted by atomic mass is 16.5. The van der Waals surface area contributed by atoms with Crippen LogP contribution in [0.1, 0.15) is 48.8 Å². The van der Waals surface area contributed by atoms with Crippen molar-refractivity contribution in [2.24, 2.45) is 11.7 Å². The second kappa shape index (κ2) is 11.3. The summed E-state index contributed by atoms with van der Waals surface area (Å²) in [5.74, 6) is 0.728. The van der Waals surface area contributed by atoms with E-state index in [-0.39, 0.29) is 11.8 Å². The number of amides is 1. The molecule has 1 amide bonds. The second-order valence-corrected chi connectivity index (χ2v) is 11.6. The SMILES string of the molecule is CCc1nc(C(N)=O)c(Nc2ccc(N3CCC(N4CCN(C)CC4)CC3)cc2)nc1OC1C2CC[C@@H]1CN2. The highest BCUT2D eigenvalue weighted by Crippen LogP contribution is 2.36. The highest BCUT2D eigenvalue weighted by molar-refractivity contribution is 5.96. The quantitative estimate of drug-likeness (QED) is 0.469. The predicted molar refractivity (Wildman–Crippen MR) is 153 cm³/mol. The zero-order valence-corrected chi connectivity index (χ0v) is 23.2. The van der Waals surface area contributed by atoms with Crippen molar-refractivity contribution in [2.75, 3.05) is 63.1 Å². The number of piperazine rings is 1. The third-order valence-electron chi connectivity index (χ3n) is 9.11. The molecule has 39 heavy (non-hydrogen) atoms. The molecule has 3 atom stereocenters. The molecule has 3 aliphatic heterocycles. The lowest BCUT2D eigenvalue weighted by molar-refractivity contribution is 0.0982. The number of aromatic nitrogens is 2. The van der Waals surface area contributed by atoms with Gasteiger partial charge in [-0.15, -0.1) is 0 Å². The van der Waals surface area contributed by atoms with Crippen LogP contribution in [-0.4, -0.2) is 96.7 Å². The Balaban J connectivity index is 1.13. The molecule has 2 unspecified atom stereocenters. The fourth-order valence-corrected chi connectivity index (χ4v) is 6.70. The van der Waals surface area contributed by atoms with Crippen molar-refractivity contribution in [1.82, 2.24) is 25.1 Å². The second-order valence-electron chi connectivity index (χ2n) is 11.6. The molecule has 2 aromatic rings. The predicted octanol–water partition coefficient (Wildman–Crippen LogP) is 2.23. The number of carbonyl (C=O) groups excluding carboxylic acids is 1. The summed E-state index contributed by atoms with van der Waals surface area (Å²) >= 11 is 0. The van der Waals surface area contributed by atoms with Crippen molar-refractivity contribution in [3.63, 3.8) is 0 Å². The molecule has 0 radical (unpaired) electrons. The van der Waals surface area contributed by atoms with Crippen molar-refractivity contribution in [3.8, 4) is 5.88 Å². The molecular weight excluding hydrogens is 492 g/mol. The first-order chi connectivity index (χ1) is 19.0. The standard InChI is InChI=1S/C29H42N8O2/c1-3-23-29(39-26-19-4-9-24(26)31-18-19)34-28(25(33-23)27(30)38)32-20-5-7-21(8-6-20)36-12-10-22(11-13-36)37-16-14-35(2)15-17-37/h5-8,19,22,24,26,31H,3-4,9-18H2,1-2H3,(H2,30,38)(H,32,34)/t19-,24?,26?/m1/s1. The third kappa shape index (κ3) is 5.55. The van der Waals surface area contributed by atoms with Crippen LogP contribution in [0, 0.1) is 5.92 Å². The summed E-state index contributed by atoms with van der Waals surface area (Å²) in [6.07, 6.45) is 5.39. The molecule has 4 fully saturated rings. The Bertz CT molecular complexity index is 1140. The van der Waals surface area contributed by atoms with E-state index in [0.717, 1.165) is 31.7 Å². The number of fused-ring (bicyclic) bond motifs is 2. The maximum absolute atomic E-state index is 12.3. The molecule has 1 saturated carbocycles. The van der Waals surface area contributed by atoms with Crippen LogP contribution >= 0.6 is 0 Å². The topological polar surface area (TPSA) is 112 Å². The zero-order valence-electron chi connectivity index (χ0n) is 23.2. The molecule has 4 heterocycles. The first-order valence-corrected chi connectivity index (χ1v) is 14.6. The van der Waals surface area contributed by atoms with Gasteiger partial charge in [0.05, 0.1) is 0 Å². The van der Waals surface area contributed by atoms with Crippen LogP contribution in [-0.2, 0) is 6.42 Å². The smallest absolute Gasteiger partial charge is 0.271 e. The van der Waals surface area contributed by atoms with Gasteiger partial charge in [0.2, 0.25) is 5.88 Å². The van der Waals surface area contributed by atoms with E-state index >= 15 is 0 Å². The highest BCUT2D eigenvalue weighted by Gasteiger charge is 2.44. The van der Waals surface area contributed by atoms with E-state index in [0.29, 0.717) is 41.8 Å². The minimum absolute atomic E-state index is 0.0940. The van der Waals surface area contributed by atoms with Crippen molar-refractivity contribution < 1.29 is 9.53 Å². The molecule has 1 aliphatic carbocycles. The summed E-state index contributed by atoms with van der Waals surface area (Å²) in [4.78, 5) is 29.2. The molecule has 4 N–H and O–H groups in total. The number of primary amides is 1. The van der Waals surface area contributed by atoms with Crippen LogP contribution in [0.2, 0.25) is 0 Å². The maximum atomic E-state index is 12.3. The number of likely N-dealkylation sites (N-methyl/N-ethyl adjacent to an activating group) is 1. The van der Waals surface area contributed by atoms with Crippen LogP contribution in [0.15, 0.2) is 24.3 Å². The van der Waals surface area contributed by atoms with Crippen LogP contribution < -0.4 is 26.0 Å². The van der Waals surface area contributed by atoms with Gasteiger partial charge in [-0.2, -0.15) is 4.98 Å². The molecule has 10 nitrogen and oxygen atoms in total. The van der Waals surface area contributed by atoms with Gasteiger partial charge in [-0.1, -0.05) is 6.92 Å². The number of aryl methyl sites for hydroxylation is 1. The number of anilines is 3. The monoisotopic (exact) mass is 534 g/mol. The Morgan fingerprint density at radius 2 is 1.79 bits per heavy atom. The van der Waals surface area contributed by atoms with E-state index in [2.05, 4.69) is 49.5 Å². The van der Waals surface area contributed by atoms with Crippen LogP contribution in [0.4, 0.5) is 17.2 Å². The summed E-state index contributed by atoms with van der Waals surface area (Å²) < 4.78 is 6.41. The minimum Gasteiger partial charge on any atom is -0.471 e. The largest absolute Gasteiger partial charge is 0.471 e. The number of rotatable bonds is 8. The van der Waals surface area contributed by atoms with E-state index in [4.69, 9.17) is 15.5 Å². The van der Waals surface area contributed by atoms with Crippen molar-refractivity contribution in [2.45, 2.75) is 57.2 Å². The van der Waals surface area contributed by atoms with E-state index < -0.39 is 5.91 Å². The Morgan fingerprint density at radius 1 is 1.05 bits per heavy atom. The molecule has 1 aromatic heterocycles. The van der Waals surface area contributed by atoms with Crippen LogP contribution in [0.25, 0.3) is 0 Å². The van der Waals surface area contributed by atoms with Gasteiger partial charge in [-0.25, -0.2) is 4.98 Å². The number of carbonyl (C=O) groups is 1. The normalized spacial score (nSPS) is 26.2. The van der Waals surface area contributed by atoms with Gasteiger partial charge in [0.1, 0.15) is 11.8 Å². The van der Waals surface area contributed by atoms with Gasteiger partial charge >= 0.3 is 0 Å². The van der Waals surface area contributed by atoms with Gasteiger partial charge in [-0.05, 0) is 63.4 Å². The van der Waals surface area contributed by atoms with Crippen LogP contribution in [0.5, 0.6) is 5.88 Å². The van der Waals surface area contributed by atoms with Gasteiger partial charge in [0, 0.05) is 75.2 Å². The van der Waals surface area contributed by atoms with Gasteiger partial charge in [-0.3, -0.25) is 9.69 Å². The summed E-state index contributed by atoms with van der Waals surface area (Å²) in [5.41, 5.74) is 8.56. The zero-order chi connectivity index (χ0) is 26.9. The summed E-state index contributed by atoms with van der Waals surface area (Å²) in [6.45, 7) is 9.81. The number of hydrogen-bond acceptors (Lipinski definition) is 9. The molecule has 3 saturated heterocycles. The van der Waals surface area contributed by atoms with E-state index in [1.54, 1.807) is 0 Å². The first-order valence-electron chi connectivity index (χ1n) is 14.6. The van der Waals surface area contributed by atoms with Gasteiger partial charge in [0.25, 0.3) is 5.91 Å². The van der Waals surface area contributed by atoms with Crippen molar-refractivity contribution in [1.29, 1.82) is 0 Å². The number of nitrogens with one attached hydrogen (secondary N) is 2. The molecule has 0 spiro atoms. The number of benzene rings is 1. The molecule has 2 bridgehead atoms. The minimum atomic E-state index is -0.603. The summed E-state index contributed by atoms with van der Waals surface area (Å²) in [6, 6.07) is 9.38. The van der Waals surface area contributed by atoms with Gasteiger partial charge in [0.15, 0.2) is 11.5 Å². The Labute approximate surface area is 231 Å². The maximum Gasteiger partial charge on any atom is 0.271 e. The van der Waals surface area contributed by atoms with Crippen molar-refractivity contribution in [3.05, 3.63) is 35.7 Å². The average molecular weight is 535 g/mol. The molecule has 210 valence electrons. The number of ether oxygens (including phenoxy) is 1. The van der Waals surface area contributed by atoms with E-state index in [1.165, 1.54) is 51.1 Å². The Morgan fingerprint density at radius 3 is 2.38 bits per heavy atom. The molecule has 10 heteroatoms. The lowest BCUT2D eigenvalue weighted by atomic mass is 10.0. The van der Waals surface area contributed by atoms with Gasteiger partial charge < -0.3 is 30.9 Å². The lowest BCUT2D eigenvalue weighted by Gasteiger charge is -2.42. The third-order valence-corrected chi connectivity index (χ3v) is 9.11. The number of nitrogens with zero attached hydrogens (tertiary/aromatic N) is 5. The van der Waals surface area contributed by atoms with E-state index in [1.807, 2.05) is 19.1 Å². The average Bonchev–Trinajstić information content (AvgIpc) is 3.53. The molecule has 1 aromatic carbocycles. The molecule has 6 rings (SSSR count). The number of nitrogens with two attached hydrogens (primary N) is 1. The van der Waals surface area contributed by atoms with Crippen molar-refractivity contribution >= 4 is 23.1 Å². The molecule has 4 aliphatic rings. The van der Waals surface area contributed by atoms with E-state index in [9.17, 15) is 4.79 Å². The summed E-state index contributed by atoms with van der Waals surface area (Å²) in [5, 5.41) is 6.82. The Hall–Kier alpha value is -2.95. The van der Waals surface area contributed by atoms with Crippen LogP contribution in [0.3, 0.4) is 0 Å². The Kier molecular flexibility index (Phi) is 7.59. The summed E-state index contributed by atoms with van der Waals surface area (Å²) in [7, 11) is 2.21. The number of hydrogen-bond donors (Lipinski definition) is 3. The fourth-order valence-electron chi connectivity index (χ4n) is 6.70. The lowest BCUT2D eigenvalue weighted by Crippen LogP contribution is -2.52. The fraction of sp³-hybridized carbons (Fsp3) is 0.621. The first kappa shape index (κ1) is 26.3. The molecular formula is C29H42N8O2.